The Morgan fingerprint density at radius 1 is 1.05 bits per heavy atom. The van der Waals surface area contributed by atoms with Gasteiger partial charge in [0.05, 0.1) is 0 Å². The third kappa shape index (κ3) is 3.26. The average Bonchev–Trinajstić information content (AvgIpc) is 2.38. The van der Waals surface area contributed by atoms with Crippen LogP contribution in [0.4, 0.5) is 0 Å². The predicted octanol–water partition coefficient (Wildman–Crippen LogP) is 3.82. The summed E-state index contributed by atoms with van der Waals surface area (Å²) in [6, 6.07) is 9.14. The van der Waals surface area contributed by atoms with Gasteiger partial charge in [0.25, 0.3) is 0 Å². The normalized spacial score (nSPS) is 12.4. The molecule has 2 nitrogen and oxygen atoms in total. The summed E-state index contributed by atoms with van der Waals surface area (Å²) in [6.45, 7) is 8.61. The highest BCUT2D eigenvalue weighted by atomic mass is 14.9. The Hall–Kier alpha value is -1.67. The number of nitrogens with one attached hydrogen (secondary N) is 1. The van der Waals surface area contributed by atoms with Crippen LogP contribution < -0.4 is 5.32 Å². The maximum atomic E-state index is 4.28. The predicted molar refractivity (Wildman–Crippen MR) is 85.1 cm³/mol. The van der Waals surface area contributed by atoms with E-state index < -0.39 is 0 Å². The fourth-order valence-electron chi connectivity index (χ4n) is 2.91. The van der Waals surface area contributed by atoms with E-state index in [-0.39, 0.29) is 0 Å². The molecule has 0 aliphatic heterocycles. The Labute approximate surface area is 122 Å². The van der Waals surface area contributed by atoms with Gasteiger partial charge in [0.2, 0.25) is 0 Å². The molecule has 0 aliphatic rings. The van der Waals surface area contributed by atoms with Crippen molar-refractivity contribution in [1.29, 1.82) is 0 Å². The van der Waals surface area contributed by atoms with E-state index in [1.54, 1.807) is 0 Å². The Bertz CT molecular complexity index is 579. The quantitative estimate of drug-likeness (QED) is 0.912. The second kappa shape index (κ2) is 6.19. The monoisotopic (exact) mass is 268 g/mol. The summed E-state index contributed by atoms with van der Waals surface area (Å²) in [5, 5.41) is 3.44. The fourth-order valence-corrected chi connectivity index (χ4v) is 2.91. The Balaban J connectivity index is 2.32. The Morgan fingerprint density at radius 2 is 1.70 bits per heavy atom. The van der Waals surface area contributed by atoms with E-state index in [9.17, 15) is 0 Å². The summed E-state index contributed by atoms with van der Waals surface area (Å²) in [5.74, 6) is 0. The number of likely N-dealkylation sites (N-methyl/N-ethyl adjacent to an activating group) is 1. The smallest absolute Gasteiger partial charge is 0.0375 e. The number of aromatic nitrogens is 1. The summed E-state index contributed by atoms with van der Waals surface area (Å²) in [7, 11) is 2.03. The van der Waals surface area contributed by atoms with Crippen LogP contribution in [0.3, 0.4) is 0 Å². The number of hydrogen-bond acceptors (Lipinski definition) is 2. The Kier molecular flexibility index (Phi) is 4.56. The van der Waals surface area contributed by atoms with Crippen molar-refractivity contribution in [2.45, 2.75) is 40.2 Å². The van der Waals surface area contributed by atoms with Crippen LogP contribution in [0, 0.1) is 27.7 Å². The standard InChI is InChI=1S/C18H24N2/c1-12-8-13(2)17(14(3)9-12)11-18(19-5)16-6-7-20-15(4)10-16/h6-10,18-19H,11H2,1-5H3. The van der Waals surface area contributed by atoms with Gasteiger partial charge >= 0.3 is 0 Å². The van der Waals surface area contributed by atoms with Crippen molar-refractivity contribution in [2.75, 3.05) is 7.05 Å². The Morgan fingerprint density at radius 3 is 2.25 bits per heavy atom. The molecule has 1 unspecified atom stereocenters. The minimum Gasteiger partial charge on any atom is -0.313 e. The third-order valence-electron chi connectivity index (χ3n) is 3.92. The van der Waals surface area contributed by atoms with Gasteiger partial charge in [0, 0.05) is 17.9 Å². The lowest BCUT2D eigenvalue weighted by Crippen LogP contribution is -2.20. The molecule has 0 saturated carbocycles. The van der Waals surface area contributed by atoms with Crippen molar-refractivity contribution in [1.82, 2.24) is 10.3 Å². The van der Waals surface area contributed by atoms with Crippen molar-refractivity contribution in [2.24, 2.45) is 0 Å². The number of nitrogens with zero attached hydrogens (tertiary/aromatic N) is 1. The number of hydrogen-bond donors (Lipinski definition) is 1. The zero-order valence-electron chi connectivity index (χ0n) is 13.1. The number of benzene rings is 1. The molecular formula is C18H24N2. The largest absolute Gasteiger partial charge is 0.313 e. The molecule has 2 aromatic rings. The molecule has 0 bridgehead atoms. The zero-order valence-corrected chi connectivity index (χ0v) is 13.1. The van der Waals surface area contributed by atoms with Gasteiger partial charge in [-0.05, 0) is 75.5 Å². The van der Waals surface area contributed by atoms with E-state index >= 15 is 0 Å². The highest BCUT2D eigenvalue weighted by molar-refractivity contribution is 5.39. The van der Waals surface area contributed by atoms with E-state index in [1.165, 1.54) is 27.8 Å². The summed E-state index contributed by atoms with van der Waals surface area (Å²) >= 11 is 0. The zero-order chi connectivity index (χ0) is 14.7. The minimum atomic E-state index is 0.330. The minimum absolute atomic E-state index is 0.330. The highest BCUT2D eigenvalue weighted by Crippen LogP contribution is 2.24. The fraction of sp³-hybridized carbons (Fsp3) is 0.389. The lowest BCUT2D eigenvalue weighted by Gasteiger charge is -2.20. The van der Waals surface area contributed by atoms with Gasteiger partial charge in [-0.3, -0.25) is 4.98 Å². The van der Waals surface area contributed by atoms with Crippen molar-refractivity contribution < 1.29 is 0 Å². The van der Waals surface area contributed by atoms with Gasteiger partial charge in [-0.25, -0.2) is 0 Å². The lowest BCUT2D eigenvalue weighted by molar-refractivity contribution is 0.588. The third-order valence-corrected chi connectivity index (χ3v) is 3.92. The van der Waals surface area contributed by atoms with E-state index in [4.69, 9.17) is 0 Å². The SMILES string of the molecule is CNC(Cc1c(C)cc(C)cc1C)c1ccnc(C)c1. The first kappa shape index (κ1) is 14.7. The topological polar surface area (TPSA) is 24.9 Å². The van der Waals surface area contributed by atoms with Crippen molar-refractivity contribution in [3.8, 4) is 0 Å². The van der Waals surface area contributed by atoms with E-state index in [0.29, 0.717) is 6.04 Å². The molecule has 0 radical (unpaired) electrons. The maximum absolute atomic E-state index is 4.28. The average molecular weight is 268 g/mol. The van der Waals surface area contributed by atoms with E-state index in [0.717, 1.165) is 12.1 Å². The molecule has 0 amide bonds. The van der Waals surface area contributed by atoms with Gasteiger partial charge in [0.1, 0.15) is 0 Å². The van der Waals surface area contributed by atoms with Crippen LogP contribution in [-0.4, -0.2) is 12.0 Å². The van der Waals surface area contributed by atoms with E-state index in [1.807, 2.05) is 20.2 Å². The molecule has 2 heteroatoms. The van der Waals surface area contributed by atoms with Crippen molar-refractivity contribution in [3.63, 3.8) is 0 Å². The van der Waals surface area contributed by atoms with Gasteiger partial charge in [-0.1, -0.05) is 17.7 Å². The summed E-state index contributed by atoms with van der Waals surface area (Å²) in [5.41, 5.74) is 7.93. The van der Waals surface area contributed by atoms with Crippen LogP contribution in [0.5, 0.6) is 0 Å². The number of pyridine rings is 1. The molecular weight excluding hydrogens is 244 g/mol. The molecule has 1 N–H and O–H groups in total. The first-order valence-corrected chi connectivity index (χ1v) is 7.18. The molecule has 0 fully saturated rings. The van der Waals surface area contributed by atoms with Crippen molar-refractivity contribution >= 4 is 0 Å². The molecule has 0 saturated heterocycles. The molecule has 1 aromatic carbocycles. The van der Waals surface area contributed by atoms with Crippen LogP contribution >= 0.6 is 0 Å². The van der Waals surface area contributed by atoms with E-state index in [2.05, 4.69) is 55.3 Å². The van der Waals surface area contributed by atoms with Crippen molar-refractivity contribution in [3.05, 3.63) is 64.0 Å². The molecule has 1 aromatic heterocycles. The number of aryl methyl sites for hydroxylation is 4. The molecule has 1 heterocycles. The lowest BCUT2D eigenvalue weighted by atomic mass is 9.92. The highest BCUT2D eigenvalue weighted by Gasteiger charge is 2.13. The summed E-state index contributed by atoms with van der Waals surface area (Å²) in [6.07, 6.45) is 2.90. The van der Waals surface area contributed by atoms with Gasteiger partial charge in [0.15, 0.2) is 0 Å². The second-order valence-electron chi connectivity index (χ2n) is 5.65. The molecule has 0 aliphatic carbocycles. The number of rotatable bonds is 4. The van der Waals surface area contributed by atoms with Crippen LogP contribution in [0.1, 0.15) is 39.6 Å². The van der Waals surface area contributed by atoms with Crippen LogP contribution in [0.2, 0.25) is 0 Å². The first-order chi connectivity index (χ1) is 9.51. The summed E-state index contributed by atoms with van der Waals surface area (Å²) < 4.78 is 0. The first-order valence-electron chi connectivity index (χ1n) is 7.18. The molecule has 106 valence electrons. The second-order valence-corrected chi connectivity index (χ2v) is 5.65. The van der Waals surface area contributed by atoms with Gasteiger partial charge in [-0.2, -0.15) is 0 Å². The molecule has 20 heavy (non-hydrogen) atoms. The molecule has 2 rings (SSSR count). The maximum Gasteiger partial charge on any atom is 0.0375 e. The van der Waals surface area contributed by atoms with Gasteiger partial charge in [-0.15, -0.1) is 0 Å². The molecule has 0 spiro atoms. The van der Waals surface area contributed by atoms with Crippen LogP contribution in [-0.2, 0) is 6.42 Å². The summed E-state index contributed by atoms with van der Waals surface area (Å²) in [4.78, 5) is 4.28. The van der Waals surface area contributed by atoms with Crippen LogP contribution in [0.25, 0.3) is 0 Å². The van der Waals surface area contributed by atoms with Crippen LogP contribution in [0.15, 0.2) is 30.5 Å². The van der Waals surface area contributed by atoms with Gasteiger partial charge < -0.3 is 5.32 Å². The molecule has 1 atom stereocenters.